The van der Waals surface area contributed by atoms with Gasteiger partial charge in [0.25, 0.3) is 5.91 Å². The summed E-state index contributed by atoms with van der Waals surface area (Å²) >= 11 is 0. The Balaban J connectivity index is 2.31. The van der Waals surface area contributed by atoms with Gasteiger partial charge in [-0.05, 0) is 24.3 Å². The molecule has 0 aromatic heterocycles. The average Bonchev–Trinajstić information content (AvgIpc) is 2.86. The number of benzene rings is 1. The molecule has 0 spiro atoms. The van der Waals surface area contributed by atoms with E-state index in [0.717, 1.165) is 4.90 Å². The highest BCUT2D eigenvalue weighted by Gasteiger charge is 2.51. The van der Waals surface area contributed by atoms with E-state index in [4.69, 9.17) is 15.9 Å². The van der Waals surface area contributed by atoms with E-state index < -0.39 is 48.4 Å². The van der Waals surface area contributed by atoms with E-state index in [-0.39, 0.29) is 11.1 Å². The van der Waals surface area contributed by atoms with Gasteiger partial charge in [-0.3, -0.25) is 9.59 Å². The van der Waals surface area contributed by atoms with Crippen LogP contribution in [-0.4, -0.2) is 62.2 Å². The number of carboxylic acid groups (broad SMARTS) is 3. The second kappa shape index (κ2) is 5.69. The molecular formula is C14H14N2O7. The van der Waals surface area contributed by atoms with Gasteiger partial charge in [-0.25, -0.2) is 9.59 Å². The molecule has 1 aromatic rings. The molecule has 1 fully saturated rings. The molecule has 1 aliphatic heterocycles. The minimum Gasteiger partial charge on any atom is -0.480 e. The van der Waals surface area contributed by atoms with Gasteiger partial charge in [-0.2, -0.15) is 0 Å². The third kappa shape index (κ3) is 2.99. The van der Waals surface area contributed by atoms with Crippen molar-refractivity contribution in [2.75, 3.05) is 6.54 Å². The van der Waals surface area contributed by atoms with Crippen LogP contribution in [0.2, 0.25) is 0 Å². The third-order valence-electron chi connectivity index (χ3n) is 3.74. The van der Waals surface area contributed by atoms with E-state index in [2.05, 4.69) is 0 Å². The normalized spacial score (nSPS) is 23.5. The van der Waals surface area contributed by atoms with Crippen LogP contribution < -0.4 is 5.73 Å². The van der Waals surface area contributed by atoms with E-state index in [1.54, 1.807) is 0 Å². The molecule has 5 N–H and O–H groups in total. The molecule has 0 unspecified atom stereocenters. The number of aliphatic carboxylic acids is 2. The summed E-state index contributed by atoms with van der Waals surface area (Å²) in [5.41, 5.74) is 3.85. The van der Waals surface area contributed by atoms with Crippen molar-refractivity contribution in [2.45, 2.75) is 18.0 Å². The summed E-state index contributed by atoms with van der Waals surface area (Å²) in [6, 6.07) is 3.52. The van der Waals surface area contributed by atoms with Crippen molar-refractivity contribution in [1.29, 1.82) is 0 Å². The number of nitrogens with two attached hydrogens (primary N) is 1. The zero-order valence-corrected chi connectivity index (χ0v) is 11.8. The highest BCUT2D eigenvalue weighted by molar-refractivity contribution is 5.99. The molecule has 0 aliphatic carbocycles. The molecule has 2 atom stereocenters. The Morgan fingerprint density at radius 3 is 2.00 bits per heavy atom. The van der Waals surface area contributed by atoms with Crippen LogP contribution in [0.1, 0.15) is 27.1 Å². The van der Waals surface area contributed by atoms with Crippen LogP contribution in [-0.2, 0) is 9.59 Å². The van der Waals surface area contributed by atoms with Crippen molar-refractivity contribution in [1.82, 2.24) is 4.90 Å². The average molecular weight is 322 g/mol. The SMILES string of the molecule is N[C@@]1(C(=O)O)C[C@H](C(=O)O)N(C(=O)c2ccc(C(=O)O)cc2)C1. The van der Waals surface area contributed by atoms with Crippen LogP contribution in [0.25, 0.3) is 0 Å². The Kier molecular flexibility index (Phi) is 4.06. The highest BCUT2D eigenvalue weighted by atomic mass is 16.4. The van der Waals surface area contributed by atoms with E-state index in [0.29, 0.717) is 0 Å². The Morgan fingerprint density at radius 2 is 1.57 bits per heavy atom. The molecule has 1 amide bonds. The Bertz CT molecular complexity index is 685. The van der Waals surface area contributed by atoms with Gasteiger partial charge in [-0.15, -0.1) is 0 Å². The number of hydrogen-bond acceptors (Lipinski definition) is 5. The van der Waals surface area contributed by atoms with Gasteiger partial charge in [0.2, 0.25) is 0 Å². The molecule has 23 heavy (non-hydrogen) atoms. The number of carboxylic acids is 3. The van der Waals surface area contributed by atoms with Crippen molar-refractivity contribution < 1.29 is 34.5 Å². The summed E-state index contributed by atoms with van der Waals surface area (Å²) < 4.78 is 0. The summed E-state index contributed by atoms with van der Waals surface area (Å²) in [5, 5.41) is 27.1. The topological polar surface area (TPSA) is 158 Å². The lowest BCUT2D eigenvalue weighted by atomic mass is 9.98. The van der Waals surface area contributed by atoms with Crippen LogP contribution >= 0.6 is 0 Å². The molecule has 9 heteroatoms. The molecule has 1 aromatic carbocycles. The fourth-order valence-electron chi connectivity index (χ4n) is 2.44. The number of likely N-dealkylation sites (tertiary alicyclic amines) is 1. The summed E-state index contributed by atoms with van der Waals surface area (Å²) in [4.78, 5) is 46.6. The molecule has 1 aliphatic rings. The van der Waals surface area contributed by atoms with Crippen LogP contribution in [0.4, 0.5) is 0 Å². The summed E-state index contributed by atoms with van der Waals surface area (Å²) in [7, 11) is 0. The van der Waals surface area contributed by atoms with Crippen molar-refractivity contribution >= 4 is 23.8 Å². The molecule has 0 bridgehead atoms. The Morgan fingerprint density at radius 1 is 1.04 bits per heavy atom. The molecular weight excluding hydrogens is 308 g/mol. The molecule has 0 radical (unpaired) electrons. The predicted octanol–water partition coefficient (Wildman–Crippen LogP) is -0.534. The monoisotopic (exact) mass is 322 g/mol. The summed E-state index contributed by atoms with van der Waals surface area (Å²) in [6.45, 7) is -0.446. The van der Waals surface area contributed by atoms with Gasteiger partial charge in [0.15, 0.2) is 0 Å². The molecule has 0 saturated carbocycles. The van der Waals surface area contributed by atoms with Crippen LogP contribution in [0.15, 0.2) is 24.3 Å². The summed E-state index contributed by atoms with van der Waals surface area (Å²) in [5.74, 6) is -4.63. The zero-order chi connectivity index (χ0) is 17.4. The van der Waals surface area contributed by atoms with Crippen LogP contribution in [0.3, 0.4) is 0 Å². The van der Waals surface area contributed by atoms with E-state index in [9.17, 15) is 24.3 Å². The maximum absolute atomic E-state index is 12.4. The molecule has 2 rings (SSSR count). The van der Waals surface area contributed by atoms with Gasteiger partial charge in [-0.1, -0.05) is 0 Å². The fourth-order valence-corrected chi connectivity index (χ4v) is 2.44. The number of carbonyl (C=O) groups excluding carboxylic acids is 1. The second-order valence-electron chi connectivity index (χ2n) is 5.34. The Labute approximate surface area is 129 Å². The van der Waals surface area contributed by atoms with Gasteiger partial charge < -0.3 is 26.0 Å². The quantitative estimate of drug-likeness (QED) is 0.575. The number of hydrogen-bond donors (Lipinski definition) is 4. The largest absolute Gasteiger partial charge is 0.480 e. The standard InChI is InChI=1S/C14H14N2O7/c15-14(13(22)23)5-9(12(20)21)16(6-14)10(17)7-1-3-8(4-2-7)11(18)19/h1-4,9H,5-6,15H2,(H,18,19)(H,20,21)(H,22,23)/t9-,14+/m1/s1. The van der Waals surface area contributed by atoms with Gasteiger partial charge in [0, 0.05) is 12.0 Å². The number of nitrogens with zero attached hydrogens (tertiary/aromatic N) is 1. The lowest BCUT2D eigenvalue weighted by molar-refractivity contribution is -0.143. The van der Waals surface area contributed by atoms with E-state index in [1.165, 1.54) is 24.3 Å². The lowest BCUT2D eigenvalue weighted by Crippen LogP contribution is -2.50. The molecule has 1 saturated heterocycles. The molecule has 122 valence electrons. The maximum Gasteiger partial charge on any atom is 0.335 e. The van der Waals surface area contributed by atoms with Gasteiger partial charge in [0.1, 0.15) is 11.6 Å². The van der Waals surface area contributed by atoms with Gasteiger partial charge >= 0.3 is 17.9 Å². The molecule has 1 heterocycles. The molecule has 9 nitrogen and oxygen atoms in total. The van der Waals surface area contributed by atoms with E-state index >= 15 is 0 Å². The third-order valence-corrected chi connectivity index (χ3v) is 3.74. The lowest BCUT2D eigenvalue weighted by Gasteiger charge is -2.22. The minimum atomic E-state index is -1.83. The van der Waals surface area contributed by atoms with Crippen molar-refractivity contribution in [3.05, 3.63) is 35.4 Å². The highest BCUT2D eigenvalue weighted by Crippen LogP contribution is 2.27. The second-order valence-corrected chi connectivity index (χ2v) is 5.34. The first-order valence-corrected chi connectivity index (χ1v) is 6.55. The predicted molar refractivity (Wildman–Crippen MR) is 75.0 cm³/mol. The first-order valence-electron chi connectivity index (χ1n) is 6.55. The van der Waals surface area contributed by atoms with Crippen LogP contribution in [0.5, 0.6) is 0 Å². The van der Waals surface area contributed by atoms with Crippen molar-refractivity contribution in [3.63, 3.8) is 0 Å². The minimum absolute atomic E-state index is 0.0311. The Hall–Kier alpha value is -2.94. The first-order chi connectivity index (χ1) is 10.7. The smallest absolute Gasteiger partial charge is 0.335 e. The number of rotatable bonds is 4. The summed E-state index contributed by atoms with van der Waals surface area (Å²) in [6.07, 6.45) is -0.406. The fraction of sp³-hybridized carbons (Fsp3) is 0.286. The number of aromatic carboxylic acids is 1. The maximum atomic E-state index is 12.4. The van der Waals surface area contributed by atoms with Crippen molar-refractivity contribution in [2.24, 2.45) is 5.73 Å². The number of amides is 1. The first kappa shape index (κ1) is 16.4. The van der Waals surface area contributed by atoms with E-state index in [1.807, 2.05) is 0 Å². The van der Waals surface area contributed by atoms with Crippen molar-refractivity contribution in [3.8, 4) is 0 Å². The zero-order valence-electron chi connectivity index (χ0n) is 11.8. The number of carbonyl (C=O) groups is 4. The van der Waals surface area contributed by atoms with Crippen LogP contribution in [0, 0.1) is 0 Å². The van der Waals surface area contributed by atoms with Gasteiger partial charge in [0.05, 0.1) is 12.1 Å².